The van der Waals surface area contributed by atoms with E-state index in [9.17, 15) is 18.0 Å². The summed E-state index contributed by atoms with van der Waals surface area (Å²) in [6.07, 6.45) is 0.920. The maximum absolute atomic E-state index is 12.1. The lowest BCUT2D eigenvalue weighted by molar-refractivity contribution is -0.142. The Morgan fingerprint density at radius 1 is 1.03 bits per heavy atom. The van der Waals surface area contributed by atoms with Gasteiger partial charge >= 0.3 is 12.1 Å². The zero-order valence-corrected chi connectivity index (χ0v) is 20.9. The Kier molecular flexibility index (Phi) is 7.59. The Balaban J connectivity index is 1.63. The Morgan fingerprint density at radius 3 is 2.44 bits per heavy atom. The standard InChI is InChI=1S/C27H27NO7S/c1-3-33-26(29)16-19-5-4-6-23(15-19)35-25-12-9-21(17-22(25)18-28-13-14-34-27(28)30)20-7-10-24(11-8-20)36(2,31)32/h4-12,15,17H,3,13-14,16,18H2,1-2H3. The number of nitrogens with zero attached hydrogens (tertiary/aromatic N) is 1. The second-order valence-corrected chi connectivity index (χ2v) is 10.4. The van der Waals surface area contributed by atoms with Crippen LogP contribution in [-0.4, -0.2) is 51.4 Å². The monoisotopic (exact) mass is 509 g/mol. The third kappa shape index (κ3) is 6.23. The molecule has 36 heavy (non-hydrogen) atoms. The fourth-order valence-electron chi connectivity index (χ4n) is 3.88. The van der Waals surface area contributed by atoms with Crippen molar-refractivity contribution in [2.45, 2.75) is 24.8 Å². The van der Waals surface area contributed by atoms with E-state index in [2.05, 4.69) is 0 Å². The zero-order valence-electron chi connectivity index (χ0n) is 20.1. The van der Waals surface area contributed by atoms with Crippen LogP contribution in [0.4, 0.5) is 4.79 Å². The molecule has 1 amide bonds. The van der Waals surface area contributed by atoms with Crippen LogP contribution in [0.1, 0.15) is 18.1 Å². The van der Waals surface area contributed by atoms with Gasteiger partial charge in [0.1, 0.15) is 18.1 Å². The van der Waals surface area contributed by atoms with Crippen LogP contribution in [0.3, 0.4) is 0 Å². The van der Waals surface area contributed by atoms with Crippen LogP contribution in [-0.2, 0) is 37.1 Å². The lowest BCUT2D eigenvalue weighted by Crippen LogP contribution is -2.23. The predicted octanol–water partition coefficient (Wildman–Crippen LogP) is 4.61. The number of carbonyl (C=O) groups is 2. The van der Waals surface area contributed by atoms with E-state index in [1.165, 1.54) is 6.26 Å². The van der Waals surface area contributed by atoms with Gasteiger partial charge < -0.3 is 19.1 Å². The third-order valence-corrected chi connectivity index (χ3v) is 6.79. The van der Waals surface area contributed by atoms with E-state index in [-0.39, 0.29) is 29.9 Å². The number of amides is 1. The van der Waals surface area contributed by atoms with Gasteiger partial charge in [0.25, 0.3) is 0 Å². The van der Waals surface area contributed by atoms with Crippen molar-refractivity contribution in [2.24, 2.45) is 0 Å². The molecule has 188 valence electrons. The number of benzene rings is 3. The molecule has 0 spiro atoms. The highest BCUT2D eigenvalue weighted by Crippen LogP contribution is 2.32. The number of hydrogen-bond acceptors (Lipinski definition) is 7. The van der Waals surface area contributed by atoms with Crippen molar-refractivity contribution in [1.82, 2.24) is 4.90 Å². The van der Waals surface area contributed by atoms with E-state index in [0.717, 1.165) is 22.3 Å². The van der Waals surface area contributed by atoms with E-state index in [0.29, 0.717) is 31.3 Å². The van der Waals surface area contributed by atoms with E-state index in [4.69, 9.17) is 14.2 Å². The first-order chi connectivity index (χ1) is 17.2. The van der Waals surface area contributed by atoms with Crippen LogP contribution >= 0.6 is 0 Å². The summed E-state index contributed by atoms with van der Waals surface area (Å²) in [6, 6.07) is 19.4. The van der Waals surface area contributed by atoms with Crippen molar-refractivity contribution >= 4 is 21.9 Å². The van der Waals surface area contributed by atoms with Gasteiger partial charge in [0.15, 0.2) is 9.84 Å². The molecule has 0 N–H and O–H groups in total. The van der Waals surface area contributed by atoms with Gasteiger partial charge in [-0.15, -0.1) is 0 Å². The second-order valence-electron chi connectivity index (χ2n) is 8.39. The van der Waals surface area contributed by atoms with Crippen LogP contribution in [0, 0.1) is 0 Å². The number of ether oxygens (including phenoxy) is 3. The van der Waals surface area contributed by atoms with Gasteiger partial charge in [-0.05, 0) is 60.0 Å². The largest absolute Gasteiger partial charge is 0.466 e. The summed E-state index contributed by atoms with van der Waals surface area (Å²) in [6.45, 7) is 3.17. The van der Waals surface area contributed by atoms with Crippen molar-refractivity contribution in [3.05, 3.63) is 77.9 Å². The summed E-state index contributed by atoms with van der Waals surface area (Å²) in [5, 5.41) is 0. The van der Waals surface area contributed by atoms with Crippen LogP contribution in [0.2, 0.25) is 0 Å². The topological polar surface area (TPSA) is 99.2 Å². The van der Waals surface area contributed by atoms with Crippen LogP contribution in [0.25, 0.3) is 11.1 Å². The molecule has 0 atom stereocenters. The zero-order chi connectivity index (χ0) is 25.7. The average molecular weight is 510 g/mol. The molecule has 1 heterocycles. The van der Waals surface area contributed by atoms with Gasteiger partial charge in [0.2, 0.25) is 0 Å². The van der Waals surface area contributed by atoms with E-state index < -0.39 is 9.84 Å². The molecular weight excluding hydrogens is 482 g/mol. The quantitative estimate of drug-likeness (QED) is 0.389. The smallest absolute Gasteiger partial charge is 0.410 e. The molecule has 1 aliphatic rings. The molecule has 1 saturated heterocycles. The highest BCUT2D eigenvalue weighted by atomic mass is 32.2. The van der Waals surface area contributed by atoms with Crippen molar-refractivity contribution in [3.8, 4) is 22.6 Å². The number of rotatable bonds is 9. The molecule has 3 aromatic rings. The Morgan fingerprint density at radius 2 is 1.78 bits per heavy atom. The van der Waals surface area contributed by atoms with Gasteiger partial charge in [-0.3, -0.25) is 4.79 Å². The molecule has 9 heteroatoms. The molecule has 0 bridgehead atoms. The van der Waals surface area contributed by atoms with E-state index in [1.54, 1.807) is 54.3 Å². The fraction of sp³-hybridized carbons (Fsp3) is 0.259. The molecule has 1 fully saturated rings. The summed E-state index contributed by atoms with van der Waals surface area (Å²) in [7, 11) is -3.29. The first-order valence-electron chi connectivity index (χ1n) is 11.5. The van der Waals surface area contributed by atoms with Gasteiger partial charge in [0.05, 0.1) is 31.0 Å². The molecular formula is C27H27NO7S. The molecule has 0 radical (unpaired) electrons. The van der Waals surface area contributed by atoms with Crippen molar-refractivity contribution < 1.29 is 32.2 Å². The lowest BCUT2D eigenvalue weighted by Gasteiger charge is -2.18. The summed E-state index contributed by atoms with van der Waals surface area (Å²) in [5.74, 6) is 0.793. The Labute approximate surface area is 210 Å². The van der Waals surface area contributed by atoms with Gasteiger partial charge in [-0.1, -0.05) is 30.3 Å². The van der Waals surface area contributed by atoms with Crippen LogP contribution in [0.5, 0.6) is 11.5 Å². The highest BCUT2D eigenvalue weighted by molar-refractivity contribution is 7.90. The van der Waals surface area contributed by atoms with Gasteiger partial charge in [-0.2, -0.15) is 0 Å². The minimum atomic E-state index is -3.29. The van der Waals surface area contributed by atoms with Crippen molar-refractivity contribution in [3.63, 3.8) is 0 Å². The normalized spacial score (nSPS) is 13.4. The number of hydrogen-bond donors (Lipinski definition) is 0. The van der Waals surface area contributed by atoms with Gasteiger partial charge in [0, 0.05) is 11.8 Å². The molecule has 1 aliphatic heterocycles. The van der Waals surface area contributed by atoms with E-state index >= 15 is 0 Å². The first kappa shape index (κ1) is 25.2. The molecule has 8 nitrogen and oxygen atoms in total. The molecule has 3 aromatic carbocycles. The molecule has 0 aliphatic carbocycles. The summed E-state index contributed by atoms with van der Waals surface area (Å²) >= 11 is 0. The molecule has 0 aromatic heterocycles. The lowest BCUT2D eigenvalue weighted by atomic mass is 10.0. The predicted molar refractivity (Wildman–Crippen MR) is 134 cm³/mol. The van der Waals surface area contributed by atoms with Crippen molar-refractivity contribution in [1.29, 1.82) is 0 Å². The van der Waals surface area contributed by atoms with Crippen LogP contribution in [0.15, 0.2) is 71.6 Å². The number of sulfone groups is 1. The minimum absolute atomic E-state index is 0.139. The number of carbonyl (C=O) groups excluding carboxylic acids is 2. The second kappa shape index (κ2) is 10.8. The maximum atomic E-state index is 12.1. The minimum Gasteiger partial charge on any atom is -0.466 e. The Bertz CT molecular complexity index is 1370. The maximum Gasteiger partial charge on any atom is 0.410 e. The number of cyclic esters (lactones) is 1. The van der Waals surface area contributed by atoms with Gasteiger partial charge in [-0.25, -0.2) is 13.2 Å². The SMILES string of the molecule is CCOC(=O)Cc1cccc(Oc2ccc(-c3ccc(S(C)(=O)=O)cc3)cc2CN2CCOC2=O)c1. The van der Waals surface area contributed by atoms with E-state index in [1.807, 2.05) is 24.3 Å². The third-order valence-electron chi connectivity index (χ3n) is 5.66. The summed E-state index contributed by atoms with van der Waals surface area (Å²) in [5.41, 5.74) is 3.20. The highest BCUT2D eigenvalue weighted by Gasteiger charge is 2.23. The first-order valence-corrected chi connectivity index (χ1v) is 13.4. The van der Waals surface area contributed by atoms with Crippen molar-refractivity contribution in [2.75, 3.05) is 26.0 Å². The summed E-state index contributed by atoms with van der Waals surface area (Å²) in [4.78, 5) is 25.8. The fourth-order valence-corrected chi connectivity index (χ4v) is 4.51. The summed E-state index contributed by atoms with van der Waals surface area (Å²) < 4.78 is 39.9. The number of esters is 1. The van der Waals surface area contributed by atoms with Crippen LogP contribution < -0.4 is 4.74 Å². The Hall–Kier alpha value is -3.85. The molecule has 4 rings (SSSR count). The molecule has 0 saturated carbocycles. The molecule has 0 unspecified atom stereocenters. The average Bonchev–Trinajstić information content (AvgIpc) is 3.24.